The zero-order chi connectivity index (χ0) is 29.9. The summed E-state index contributed by atoms with van der Waals surface area (Å²) in [5, 5.41) is 0. The molecule has 16 heteroatoms. The van der Waals surface area contributed by atoms with Gasteiger partial charge in [0.1, 0.15) is 0 Å². The summed E-state index contributed by atoms with van der Waals surface area (Å²) < 4.78 is 0. The minimum atomic E-state index is -5.47. The standard InChI is InChI=1S/3C8H11Cl2P.6ClH.W/c3*9-11(10)5-8-4-6-1-2-7(8)3-6;;;;;;;/h3*5-6,11H,1-4H2;6*1H;/q;;;;;;;;;+6/p-6. The molecule has 40 heavy (non-hydrogen) atoms. The van der Waals surface area contributed by atoms with Crippen LogP contribution in [0.4, 0.5) is 0 Å². The molecule has 0 N–H and O–H groups in total. The van der Waals surface area contributed by atoms with Crippen molar-refractivity contribution >= 4 is 160 Å². The average Bonchev–Trinajstić information content (AvgIpc) is 3.58. The molecule has 3 atom stereocenters. The summed E-state index contributed by atoms with van der Waals surface area (Å²) in [7, 11) is 24.9. The topological polar surface area (TPSA) is 0 Å². The second-order valence-corrected chi connectivity index (χ2v) is 86.2. The van der Waals surface area contributed by atoms with Gasteiger partial charge in [-0.3, -0.25) is 0 Å². The van der Waals surface area contributed by atoms with E-state index in [4.69, 9.17) is 124 Å². The SMILES string of the molecule is Cl[PH](Cl)=CC1=C2CCC(C1)C2.Cl[PH](Cl)=CC1=C2CCC(C1)C2.Cl[PH](Cl)=CC1=C2CCC(C1)C2.[Cl][W]([Cl])([Cl])([Cl])([Cl])[Cl]. The molecule has 3 unspecified atom stereocenters. The fourth-order valence-electron chi connectivity index (χ4n) is 6.43. The van der Waals surface area contributed by atoms with Crippen molar-refractivity contribution in [2.24, 2.45) is 17.8 Å². The zero-order valence-electron chi connectivity index (χ0n) is 21.4. The monoisotopic (exact) mass is 1020 g/mol. The van der Waals surface area contributed by atoms with Crippen LogP contribution in [0.15, 0.2) is 33.4 Å². The minimum absolute atomic E-state index is 0.936. The van der Waals surface area contributed by atoms with Gasteiger partial charge in [0.05, 0.1) is 18.8 Å². The molecule has 0 radical (unpaired) electrons. The van der Waals surface area contributed by atoms with E-state index >= 15 is 0 Å². The van der Waals surface area contributed by atoms with E-state index in [1.807, 2.05) is 0 Å². The number of hydrogen-bond acceptors (Lipinski definition) is 0. The van der Waals surface area contributed by atoms with Gasteiger partial charge in [-0.25, -0.2) is 0 Å². The molecule has 0 spiro atoms. The predicted octanol–water partition coefficient (Wildman–Crippen LogP) is 15.6. The molecule has 0 heterocycles. The fourth-order valence-corrected chi connectivity index (χ4v) is 10.6. The first-order valence-electron chi connectivity index (χ1n) is 12.9. The van der Waals surface area contributed by atoms with Crippen LogP contribution >= 0.6 is 143 Å². The molecular formula is C24H33Cl12P3W. The van der Waals surface area contributed by atoms with Gasteiger partial charge in [-0.15, -0.1) is 0 Å². The maximum atomic E-state index is 5.77. The second-order valence-electron chi connectivity index (χ2n) is 11.0. The number of halogens is 12. The fraction of sp³-hybridized carbons (Fsp3) is 0.625. The van der Waals surface area contributed by atoms with Crippen molar-refractivity contribution in [1.82, 2.24) is 0 Å². The Morgan fingerprint density at radius 1 is 0.450 bits per heavy atom. The molecule has 6 bridgehead atoms. The van der Waals surface area contributed by atoms with Gasteiger partial charge >= 0.3 is 63.8 Å². The van der Waals surface area contributed by atoms with Crippen molar-refractivity contribution in [2.45, 2.75) is 77.0 Å². The van der Waals surface area contributed by atoms with E-state index in [0.29, 0.717) is 0 Å². The Labute approximate surface area is 292 Å². The van der Waals surface area contributed by atoms with E-state index in [9.17, 15) is 0 Å². The Morgan fingerprint density at radius 2 is 0.675 bits per heavy atom. The van der Waals surface area contributed by atoms with Gasteiger partial charge in [-0.2, -0.15) is 0 Å². The summed E-state index contributed by atoms with van der Waals surface area (Å²) >= 11 is 34.6. The van der Waals surface area contributed by atoms with Gasteiger partial charge in [0.15, 0.2) is 0 Å². The molecule has 0 nitrogen and oxygen atoms in total. The Hall–Kier alpha value is 4.29. The van der Waals surface area contributed by atoms with Crippen LogP contribution in [-0.2, 0) is 7.31 Å². The van der Waals surface area contributed by atoms with Gasteiger partial charge in [-0.1, -0.05) is 84.2 Å². The molecule has 0 saturated heterocycles. The molecule has 3 fully saturated rings. The third-order valence-corrected chi connectivity index (χ3v) is 11.6. The van der Waals surface area contributed by atoms with Crippen molar-refractivity contribution < 1.29 is 7.31 Å². The Bertz CT molecular complexity index is 1040. The number of rotatable bonds is 3. The summed E-state index contributed by atoms with van der Waals surface area (Å²) in [6, 6.07) is 0. The van der Waals surface area contributed by atoms with E-state index in [2.05, 4.69) is 17.4 Å². The van der Waals surface area contributed by atoms with Gasteiger partial charge in [0, 0.05) is 0 Å². The van der Waals surface area contributed by atoms with Crippen LogP contribution in [0.1, 0.15) is 77.0 Å². The van der Waals surface area contributed by atoms with Crippen LogP contribution in [0.3, 0.4) is 0 Å². The zero-order valence-corrected chi connectivity index (χ0v) is 36.4. The number of hydrogen-bond donors (Lipinski definition) is 0. The second kappa shape index (κ2) is 15.7. The van der Waals surface area contributed by atoms with Crippen LogP contribution in [0.5, 0.6) is 0 Å². The van der Waals surface area contributed by atoms with Crippen molar-refractivity contribution in [3.05, 3.63) is 33.4 Å². The van der Waals surface area contributed by atoms with Crippen LogP contribution in [0.25, 0.3) is 0 Å². The van der Waals surface area contributed by atoms with Crippen molar-refractivity contribution in [3.8, 4) is 0 Å². The summed E-state index contributed by atoms with van der Waals surface area (Å²) in [4.78, 5) is 0. The molecule has 0 aromatic heterocycles. The normalized spacial score (nSPS) is 27.8. The average molecular weight is 1020 g/mol. The Kier molecular flexibility index (Phi) is 15.2. The summed E-state index contributed by atoms with van der Waals surface area (Å²) in [5.41, 5.74) is 9.37. The van der Waals surface area contributed by atoms with Crippen LogP contribution in [0, 0.1) is 17.8 Å². The van der Waals surface area contributed by atoms with Crippen LogP contribution in [-0.4, -0.2) is 17.4 Å². The van der Waals surface area contributed by atoms with E-state index < -0.39 is 26.1 Å². The van der Waals surface area contributed by atoms with Gasteiger partial charge < -0.3 is 0 Å². The van der Waals surface area contributed by atoms with Crippen LogP contribution < -0.4 is 0 Å². The molecule has 234 valence electrons. The number of allylic oxidation sites excluding steroid dienone is 6. The molecule has 0 aliphatic heterocycles. The molecule has 6 aliphatic rings. The van der Waals surface area contributed by atoms with E-state index in [0.717, 1.165) is 17.8 Å². The summed E-state index contributed by atoms with van der Waals surface area (Å²) in [6.07, 6.45) is 12.3. The molecular weight excluding hydrogens is 990 g/mol. The quantitative estimate of drug-likeness (QED) is 0.247. The predicted molar refractivity (Wildman–Crippen MR) is 200 cm³/mol. The van der Waals surface area contributed by atoms with Gasteiger partial charge in [0.2, 0.25) is 0 Å². The van der Waals surface area contributed by atoms with E-state index in [1.54, 1.807) is 16.7 Å². The number of fused-ring (bicyclic) bond motifs is 6. The molecule has 3 saturated carbocycles. The Balaban J connectivity index is 0.000000149. The molecule has 0 aromatic carbocycles. The molecule has 6 rings (SSSR count). The molecule has 6 aliphatic carbocycles. The van der Waals surface area contributed by atoms with Crippen molar-refractivity contribution in [2.75, 3.05) is 0 Å². The first-order chi connectivity index (χ1) is 18.2. The summed E-state index contributed by atoms with van der Waals surface area (Å²) in [6.45, 7) is 0. The van der Waals surface area contributed by atoms with E-state index in [-0.39, 0.29) is 0 Å². The summed E-state index contributed by atoms with van der Waals surface area (Å²) in [5.74, 6) is 9.11. The third-order valence-electron chi connectivity index (χ3n) is 7.91. The van der Waals surface area contributed by atoms with E-state index in [1.165, 1.54) is 93.8 Å². The van der Waals surface area contributed by atoms with Crippen LogP contribution in [0.2, 0.25) is 0 Å². The molecule has 0 aromatic rings. The van der Waals surface area contributed by atoms with Gasteiger partial charge in [0.25, 0.3) is 0 Å². The first-order valence-corrected chi connectivity index (χ1v) is 45.5. The maximum absolute atomic E-state index is 5.77. The molecule has 0 amide bonds. The Morgan fingerprint density at radius 3 is 0.800 bits per heavy atom. The van der Waals surface area contributed by atoms with Gasteiger partial charge in [-0.05, 0) is 129 Å². The first kappa shape index (κ1) is 38.7. The third kappa shape index (κ3) is 15.9. The van der Waals surface area contributed by atoms with Crippen molar-refractivity contribution in [3.63, 3.8) is 0 Å². The van der Waals surface area contributed by atoms with Crippen molar-refractivity contribution in [1.29, 1.82) is 0 Å².